The molecule has 0 spiro atoms. The molecule has 1 rings (SSSR count). The first-order valence-corrected chi connectivity index (χ1v) is 10.1. The Hall–Kier alpha value is -1.58. The maximum atomic E-state index is 12.5. The number of sulfonamides is 1. The van der Waals surface area contributed by atoms with Crippen molar-refractivity contribution in [3.05, 3.63) is 24.3 Å². The van der Waals surface area contributed by atoms with Crippen LogP contribution in [-0.4, -0.2) is 62.7 Å². The number of halogens is 2. The Morgan fingerprint density at radius 2 is 1.69 bits per heavy atom. The van der Waals surface area contributed by atoms with E-state index in [0.717, 1.165) is 0 Å². The van der Waals surface area contributed by atoms with Crippen LogP contribution < -0.4 is 5.32 Å². The summed E-state index contributed by atoms with van der Waals surface area (Å²) in [6, 6.07) is 5.83. The first-order chi connectivity index (χ1) is 12.2. The van der Waals surface area contributed by atoms with Crippen LogP contribution in [0.4, 0.5) is 14.5 Å². The second-order valence-electron chi connectivity index (χ2n) is 5.79. The van der Waals surface area contributed by atoms with Gasteiger partial charge in [0, 0.05) is 18.8 Å². The lowest BCUT2D eigenvalue weighted by Gasteiger charge is -2.20. The predicted octanol–water partition coefficient (Wildman–Crippen LogP) is 2.63. The largest absolute Gasteiger partial charge is 0.325 e. The number of nitrogens with one attached hydrogen (secondary N) is 1. The molecule has 1 N–H and O–H groups in total. The molecule has 0 aliphatic heterocycles. The van der Waals surface area contributed by atoms with Crippen molar-refractivity contribution in [3.63, 3.8) is 0 Å². The number of benzene rings is 1. The number of hydrogen-bond acceptors (Lipinski definition) is 4. The predicted molar refractivity (Wildman–Crippen MR) is 97.9 cm³/mol. The highest BCUT2D eigenvalue weighted by atomic mass is 32.2. The van der Waals surface area contributed by atoms with Gasteiger partial charge in [0.1, 0.15) is 0 Å². The van der Waals surface area contributed by atoms with Gasteiger partial charge >= 0.3 is 0 Å². The van der Waals surface area contributed by atoms with Crippen molar-refractivity contribution in [2.75, 3.05) is 38.0 Å². The fourth-order valence-corrected chi connectivity index (χ4v) is 4.03. The van der Waals surface area contributed by atoms with Crippen LogP contribution in [0.1, 0.15) is 27.2 Å². The molecule has 0 aliphatic rings. The van der Waals surface area contributed by atoms with Gasteiger partial charge in [-0.15, -0.1) is 0 Å². The molecule has 0 saturated carbocycles. The molecule has 1 aromatic carbocycles. The lowest BCUT2D eigenvalue weighted by atomic mass is 10.3. The zero-order chi connectivity index (χ0) is 19.7. The van der Waals surface area contributed by atoms with Crippen molar-refractivity contribution in [1.82, 2.24) is 9.21 Å². The quantitative estimate of drug-likeness (QED) is 0.630. The Kier molecular flexibility index (Phi) is 9.11. The molecular formula is C17H27F2N3O3S. The summed E-state index contributed by atoms with van der Waals surface area (Å²) < 4.78 is 51.2. The van der Waals surface area contributed by atoms with Crippen molar-refractivity contribution in [2.24, 2.45) is 0 Å². The molecule has 0 bridgehead atoms. The van der Waals surface area contributed by atoms with E-state index in [2.05, 4.69) is 5.32 Å². The van der Waals surface area contributed by atoms with Gasteiger partial charge in [-0.2, -0.15) is 4.31 Å². The number of rotatable bonds is 11. The maximum Gasteiger partial charge on any atom is 0.251 e. The van der Waals surface area contributed by atoms with E-state index in [1.165, 1.54) is 33.5 Å². The zero-order valence-corrected chi connectivity index (χ0v) is 16.2. The van der Waals surface area contributed by atoms with E-state index >= 15 is 0 Å². The van der Waals surface area contributed by atoms with Crippen LogP contribution in [0.3, 0.4) is 0 Å². The Morgan fingerprint density at radius 1 is 1.12 bits per heavy atom. The topological polar surface area (TPSA) is 69.7 Å². The highest BCUT2D eigenvalue weighted by Gasteiger charge is 2.21. The third-order valence-electron chi connectivity index (χ3n) is 3.78. The standard InChI is InChI=1S/C17H27F2N3O3S/c1-4-11-21(12-16(18)19)13-17(23)20-14-7-9-15(10-8-14)26(24,25)22(5-2)6-3/h7-10,16H,4-6,11-13H2,1-3H3,(H,20,23). The minimum Gasteiger partial charge on any atom is -0.325 e. The maximum absolute atomic E-state index is 12.5. The van der Waals surface area contributed by atoms with Crippen molar-refractivity contribution >= 4 is 21.6 Å². The van der Waals surface area contributed by atoms with Gasteiger partial charge in [-0.3, -0.25) is 9.69 Å². The van der Waals surface area contributed by atoms with Crippen molar-refractivity contribution < 1.29 is 22.0 Å². The molecule has 0 heterocycles. The summed E-state index contributed by atoms with van der Waals surface area (Å²) in [5, 5.41) is 2.61. The summed E-state index contributed by atoms with van der Waals surface area (Å²) in [4.78, 5) is 13.6. The van der Waals surface area contributed by atoms with E-state index in [9.17, 15) is 22.0 Å². The van der Waals surface area contributed by atoms with Gasteiger partial charge in [0.2, 0.25) is 15.9 Å². The zero-order valence-electron chi connectivity index (χ0n) is 15.4. The molecule has 6 nitrogen and oxygen atoms in total. The van der Waals surface area contributed by atoms with Gasteiger partial charge in [-0.1, -0.05) is 20.8 Å². The first-order valence-electron chi connectivity index (χ1n) is 8.65. The Balaban J connectivity index is 2.76. The van der Waals surface area contributed by atoms with E-state index in [1.807, 2.05) is 6.92 Å². The molecule has 0 aromatic heterocycles. The van der Waals surface area contributed by atoms with Crippen LogP contribution >= 0.6 is 0 Å². The molecule has 9 heteroatoms. The third kappa shape index (κ3) is 6.62. The molecule has 1 amide bonds. The molecule has 148 valence electrons. The average molecular weight is 391 g/mol. The van der Waals surface area contributed by atoms with E-state index in [1.54, 1.807) is 13.8 Å². The van der Waals surface area contributed by atoms with Crippen LogP contribution in [0.5, 0.6) is 0 Å². The number of hydrogen-bond donors (Lipinski definition) is 1. The summed E-state index contributed by atoms with van der Waals surface area (Å²) in [6.45, 7) is 5.92. The fourth-order valence-electron chi connectivity index (χ4n) is 2.57. The van der Waals surface area contributed by atoms with Gasteiger partial charge in [0.25, 0.3) is 6.43 Å². The lowest BCUT2D eigenvalue weighted by molar-refractivity contribution is -0.117. The normalized spacial score (nSPS) is 12.2. The fraction of sp³-hybridized carbons (Fsp3) is 0.588. The van der Waals surface area contributed by atoms with Crippen LogP contribution in [0.15, 0.2) is 29.2 Å². The number of amides is 1. The minimum atomic E-state index is -3.56. The van der Waals surface area contributed by atoms with E-state index < -0.39 is 28.9 Å². The van der Waals surface area contributed by atoms with Crippen LogP contribution in [-0.2, 0) is 14.8 Å². The van der Waals surface area contributed by atoms with Gasteiger partial charge < -0.3 is 5.32 Å². The molecule has 0 radical (unpaired) electrons. The van der Waals surface area contributed by atoms with Gasteiger partial charge in [-0.25, -0.2) is 17.2 Å². The summed E-state index contributed by atoms with van der Waals surface area (Å²) in [5.41, 5.74) is 0.419. The molecule has 0 unspecified atom stereocenters. The Morgan fingerprint density at radius 3 is 2.15 bits per heavy atom. The first kappa shape index (κ1) is 22.5. The van der Waals surface area contributed by atoms with E-state index in [4.69, 9.17) is 0 Å². The third-order valence-corrected chi connectivity index (χ3v) is 5.85. The second-order valence-corrected chi connectivity index (χ2v) is 7.73. The monoisotopic (exact) mass is 391 g/mol. The van der Waals surface area contributed by atoms with E-state index in [-0.39, 0.29) is 11.4 Å². The number of anilines is 1. The second kappa shape index (κ2) is 10.5. The summed E-state index contributed by atoms with van der Waals surface area (Å²) in [5.74, 6) is -0.418. The number of carbonyl (C=O) groups excluding carboxylic acids is 1. The van der Waals surface area contributed by atoms with E-state index in [0.29, 0.717) is 31.7 Å². The Labute approximate surface area is 154 Å². The minimum absolute atomic E-state index is 0.141. The van der Waals surface area contributed by atoms with Gasteiger partial charge in [-0.05, 0) is 37.2 Å². The summed E-state index contributed by atoms with van der Waals surface area (Å²) >= 11 is 0. The SMILES string of the molecule is CCCN(CC(=O)Nc1ccc(S(=O)(=O)N(CC)CC)cc1)CC(F)F. The molecule has 0 atom stereocenters. The molecule has 0 aliphatic carbocycles. The summed E-state index contributed by atoms with van der Waals surface area (Å²) in [7, 11) is -3.56. The number of carbonyl (C=O) groups is 1. The highest BCUT2D eigenvalue weighted by molar-refractivity contribution is 7.89. The number of nitrogens with zero attached hydrogens (tertiary/aromatic N) is 2. The van der Waals surface area contributed by atoms with Gasteiger partial charge in [0.15, 0.2) is 0 Å². The van der Waals surface area contributed by atoms with Crippen LogP contribution in [0, 0.1) is 0 Å². The van der Waals surface area contributed by atoms with Crippen LogP contribution in [0.2, 0.25) is 0 Å². The average Bonchev–Trinajstić information content (AvgIpc) is 2.55. The molecule has 1 aromatic rings. The smallest absolute Gasteiger partial charge is 0.251 e. The van der Waals surface area contributed by atoms with Crippen molar-refractivity contribution in [3.8, 4) is 0 Å². The molecular weight excluding hydrogens is 364 g/mol. The van der Waals surface area contributed by atoms with Crippen LogP contribution in [0.25, 0.3) is 0 Å². The van der Waals surface area contributed by atoms with Crippen molar-refractivity contribution in [2.45, 2.75) is 38.5 Å². The molecule has 0 saturated heterocycles. The molecule has 0 fully saturated rings. The summed E-state index contributed by atoms with van der Waals surface area (Å²) in [6.07, 6.45) is -1.84. The highest BCUT2D eigenvalue weighted by Crippen LogP contribution is 2.18. The Bertz CT molecular complexity index is 662. The number of alkyl halides is 2. The van der Waals surface area contributed by atoms with Crippen molar-refractivity contribution in [1.29, 1.82) is 0 Å². The molecule has 26 heavy (non-hydrogen) atoms. The van der Waals surface area contributed by atoms with Gasteiger partial charge in [0.05, 0.1) is 18.0 Å². The lowest BCUT2D eigenvalue weighted by Crippen LogP contribution is -2.37.